The number of rotatable bonds is 9. The third-order valence-electron chi connectivity index (χ3n) is 5.35. The van der Waals surface area contributed by atoms with Crippen molar-refractivity contribution in [2.45, 2.75) is 44.3 Å². The minimum Gasteiger partial charge on any atom is -0.355 e. The molecule has 3 heterocycles. The first-order chi connectivity index (χ1) is 15.6. The van der Waals surface area contributed by atoms with E-state index >= 15 is 0 Å². The molecule has 1 unspecified atom stereocenters. The molecule has 0 spiro atoms. The summed E-state index contributed by atoms with van der Waals surface area (Å²) in [5, 5.41) is 16.1. The van der Waals surface area contributed by atoms with Gasteiger partial charge in [0.05, 0.1) is 5.75 Å². The number of anilines is 2. The summed E-state index contributed by atoms with van der Waals surface area (Å²) in [4.78, 5) is 24.0. The van der Waals surface area contributed by atoms with Crippen molar-refractivity contribution in [3.05, 3.63) is 34.9 Å². The molecule has 1 saturated heterocycles. The first kappa shape index (κ1) is 22.6. The Hall–Kier alpha value is -2.59. The van der Waals surface area contributed by atoms with Crippen LogP contribution in [0.1, 0.15) is 32.3 Å². The molecular formula is C21H27ClN8OS. The second-order valence-corrected chi connectivity index (χ2v) is 8.87. The molecule has 1 aromatic carbocycles. The van der Waals surface area contributed by atoms with Crippen LogP contribution in [0, 0.1) is 0 Å². The molecule has 1 atom stereocenters. The quantitative estimate of drug-likeness (QED) is 0.455. The Morgan fingerprint density at radius 3 is 2.78 bits per heavy atom. The summed E-state index contributed by atoms with van der Waals surface area (Å²) >= 11 is 7.69. The minimum absolute atomic E-state index is 0.0940. The zero-order chi connectivity index (χ0) is 22.5. The van der Waals surface area contributed by atoms with Gasteiger partial charge in [0.25, 0.3) is 5.78 Å². The molecule has 0 saturated carbocycles. The second kappa shape index (κ2) is 10.4. The normalized spacial score (nSPS) is 16.0. The monoisotopic (exact) mass is 474 g/mol. The van der Waals surface area contributed by atoms with Crippen molar-refractivity contribution in [2.75, 3.05) is 36.0 Å². The van der Waals surface area contributed by atoms with Crippen molar-refractivity contribution in [2.24, 2.45) is 0 Å². The number of halogens is 1. The summed E-state index contributed by atoms with van der Waals surface area (Å²) in [6.07, 6.45) is 2.77. The number of amides is 1. The summed E-state index contributed by atoms with van der Waals surface area (Å²) in [5.74, 6) is 1.91. The molecule has 2 N–H and O–H groups in total. The van der Waals surface area contributed by atoms with Gasteiger partial charge in [-0.2, -0.15) is 9.97 Å². The van der Waals surface area contributed by atoms with Gasteiger partial charge < -0.3 is 15.5 Å². The highest BCUT2D eigenvalue weighted by molar-refractivity contribution is 7.99. The van der Waals surface area contributed by atoms with Crippen LogP contribution in [-0.4, -0.2) is 66.8 Å². The summed E-state index contributed by atoms with van der Waals surface area (Å²) in [5.41, 5.74) is 1.08. The third kappa shape index (κ3) is 4.91. The molecule has 1 aliphatic heterocycles. The van der Waals surface area contributed by atoms with E-state index in [1.165, 1.54) is 11.8 Å². The number of benzene rings is 1. The van der Waals surface area contributed by atoms with E-state index in [4.69, 9.17) is 11.6 Å². The minimum atomic E-state index is 0.0940. The highest BCUT2D eigenvalue weighted by atomic mass is 35.5. The molecule has 4 rings (SSSR count). The van der Waals surface area contributed by atoms with Gasteiger partial charge in [0.1, 0.15) is 0 Å². The predicted molar refractivity (Wildman–Crippen MR) is 128 cm³/mol. The van der Waals surface area contributed by atoms with E-state index in [2.05, 4.69) is 30.8 Å². The number of carbonyl (C=O) groups is 1. The topological polar surface area (TPSA) is 100 Å². The van der Waals surface area contributed by atoms with E-state index in [0.717, 1.165) is 36.4 Å². The number of nitrogens with zero attached hydrogens (tertiary/aromatic N) is 6. The Kier molecular flexibility index (Phi) is 7.31. The lowest BCUT2D eigenvalue weighted by atomic mass is 10.0. The maximum absolute atomic E-state index is 13.1. The summed E-state index contributed by atoms with van der Waals surface area (Å²) < 4.78 is 1.76. The second-order valence-electron chi connectivity index (χ2n) is 7.52. The van der Waals surface area contributed by atoms with Gasteiger partial charge >= 0.3 is 0 Å². The van der Waals surface area contributed by atoms with Crippen LogP contribution in [0.25, 0.3) is 5.78 Å². The fourth-order valence-electron chi connectivity index (χ4n) is 3.90. The molecule has 1 amide bonds. The third-order valence-corrected chi connectivity index (χ3v) is 6.63. The fraction of sp³-hybridized carbons (Fsp3) is 0.476. The molecule has 170 valence electrons. The number of hydrogen-bond acceptors (Lipinski definition) is 8. The molecule has 11 heteroatoms. The Balaban J connectivity index is 1.47. The van der Waals surface area contributed by atoms with Gasteiger partial charge in [-0.1, -0.05) is 41.6 Å². The molecular weight excluding hydrogens is 448 g/mol. The highest BCUT2D eigenvalue weighted by Gasteiger charge is 2.29. The molecule has 0 radical (unpaired) electrons. The fourth-order valence-corrected chi connectivity index (χ4v) is 4.93. The SMILES string of the molecule is CCNc1nc(NCC)n2c(SCC(=O)N3CCCC3Cc3ccccc3Cl)nnc2n1. The Morgan fingerprint density at radius 1 is 1.19 bits per heavy atom. The van der Waals surface area contributed by atoms with Crippen molar-refractivity contribution in [3.8, 4) is 0 Å². The van der Waals surface area contributed by atoms with Crippen LogP contribution in [0.15, 0.2) is 29.4 Å². The van der Waals surface area contributed by atoms with Gasteiger partial charge in [0.15, 0.2) is 5.16 Å². The molecule has 0 bridgehead atoms. The molecule has 3 aromatic rings. The van der Waals surface area contributed by atoms with Crippen molar-refractivity contribution in [3.63, 3.8) is 0 Å². The van der Waals surface area contributed by atoms with Crippen LogP contribution in [0.2, 0.25) is 5.02 Å². The van der Waals surface area contributed by atoms with Gasteiger partial charge in [-0.05, 0) is 44.7 Å². The zero-order valence-electron chi connectivity index (χ0n) is 18.2. The zero-order valence-corrected chi connectivity index (χ0v) is 19.8. The number of thioether (sulfide) groups is 1. The average Bonchev–Trinajstić information content (AvgIpc) is 3.41. The number of hydrogen-bond donors (Lipinski definition) is 2. The number of carbonyl (C=O) groups excluding carboxylic acids is 1. The molecule has 2 aromatic heterocycles. The molecule has 9 nitrogen and oxygen atoms in total. The number of aromatic nitrogens is 5. The molecule has 1 fully saturated rings. The van der Waals surface area contributed by atoms with Crippen LogP contribution in [-0.2, 0) is 11.2 Å². The Morgan fingerprint density at radius 2 is 2.00 bits per heavy atom. The van der Waals surface area contributed by atoms with Crippen LogP contribution in [0.4, 0.5) is 11.9 Å². The number of likely N-dealkylation sites (tertiary alicyclic amines) is 1. The Bertz CT molecular complexity index is 1090. The van der Waals surface area contributed by atoms with Crippen molar-refractivity contribution < 1.29 is 4.79 Å². The van der Waals surface area contributed by atoms with Gasteiger partial charge in [-0.15, -0.1) is 10.2 Å². The number of fused-ring (bicyclic) bond motifs is 1. The lowest BCUT2D eigenvalue weighted by molar-refractivity contribution is -0.129. The standard InChI is InChI=1S/C21H27ClN8OS/c1-3-23-18-25-19(24-4-2)30-20(26-18)27-28-21(30)32-13-17(31)29-11-7-9-15(29)12-14-8-5-6-10-16(14)22/h5-6,8,10,15H,3-4,7,9,11-13H2,1-2H3,(H2,23,24,25,26,27). The molecule has 0 aliphatic carbocycles. The van der Waals surface area contributed by atoms with Crippen LogP contribution >= 0.6 is 23.4 Å². The van der Waals surface area contributed by atoms with E-state index in [0.29, 0.717) is 35.9 Å². The van der Waals surface area contributed by atoms with E-state index in [-0.39, 0.29) is 17.7 Å². The average molecular weight is 475 g/mol. The summed E-state index contributed by atoms with van der Waals surface area (Å²) in [6, 6.07) is 8.01. The first-order valence-electron chi connectivity index (χ1n) is 10.9. The summed E-state index contributed by atoms with van der Waals surface area (Å²) in [6.45, 7) is 6.14. The molecule has 1 aliphatic rings. The maximum Gasteiger partial charge on any atom is 0.261 e. The lowest BCUT2D eigenvalue weighted by Crippen LogP contribution is -2.38. The van der Waals surface area contributed by atoms with E-state index < -0.39 is 0 Å². The first-order valence-corrected chi connectivity index (χ1v) is 12.2. The summed E-state index contributed by atoms with van der Waals surface area (Å²) in [7, 11) is 0. The van der Waals surface area contributed by atoms with Crippen LogP contribution < -0.4 is 10.6 Å². The van der Waals surface area contributed by atoms with E-state index in [1.807, 2.05) is 43.0 Å². The highest BCUT2D eigenvalue weighted by Crippen LogP contribution is 2.27. The van der Waals surface area contributed by atoms with E-state index in [1.54, 1.807) is 4.40 Å². The van der Waals surface area contributed by atoms with Gasteiger partial charge in [0, 0.05) is 30.7 Å². The maximum atomic E-state index is 13.1. The lowest BCUT2D eigenvalue weighted by Gasteiger charge is -2.25. The largest absolute Gasteiger partial charge is 0.355 e. The van der Waals surface area contributed by atoms with Crippen molar-refractivity contribution in [1.82, 2.24) is 29.5 Å². The van der Waals surface area contributed by atoms with Gasteiger partial charge in [-0.3, -0.25) is 4.79 Å². The number of nitrogens with one attached hydrogen (secondary N) is 2. The Labute approximate surface area is 196 Å². The smallest absolute Gasteiger partial charge is 0.261 e. The van der Waals surface area contributed by atoms with Crippen molar-refractivity contribution >= 4 is 46.9 Å². The van der Waals surface area contributed by atoms with Crippen molar-refractivity contribution in [1.29, 1.82) is 0 Å². The predicted octanol–water partition coefficient (Wildman–Crippen LogP) is 3.36. The van der Waals surface area contributed by atoms with E-state index in [9.17, 15) is 4.79 Å². The molecule has 32 heavy (non-hydrogen) atoms. The van der Waals surface area contributed by atoms with Crippen LogP contribution in [0.3, 0.4) is 0 Å². The van der Waals surface area contributed by atoms with Crippen LogP contribution in [0.5, 0.6) is 0 Å². The van der Waals surface area contributed by atoms with Gasteiger partial charge in [0.2, 0.25) is 17.8 Å². The van der Waals surface area contributed by atoms with Gasteiger partial charge in [-0.25, -0.2) is 4.40 Å².